The average Bonchev–Trinajstić information content (AvgIpc) is 2.82. The van der Waals surface area contributed by atoms with E-state index in [0.29, 0.717) is 24.7 Å². The zero-order valence-corrected chi connectivity index (χ0v) is 11.5. The number of rotatable bonds is 6. The predicted molar refractivity (Wildman–Crippen MR) is 73.9 cm³/mol. The van der Waals surface area contributed by atoms with Crippen molar-refractivity contribution in [1.82, 2.24) is 4.98 Å². The van der Waals surface area contributed by atoms with Gasteiger partial charge in [-0.25, -0.2) is 4.98 Å². The Morgan fingerprint density at radius 1 is 1.53 bits per heavy atom. The van der Waals surface area contributed by atoms with Crippen molar-refractivity contribution in [3.05, 3.63) is 22.9 Å². The Labute approximate surface area is 113 Å². The lowest BCUT2D eigenvalue weighted by molar-refractivity contribution is 0.0631. The molecule has 0 radical (unpaired) electrons. The van der Waals surface area contributed by atoms with Crippen molar-refractivity contribution in [2.45, 2.75) is 39.2 Å². The van der Waals surface area contributed by atoms with E-state index < -0.39 is 0 Å². The molecule has 0 amide bonds. The number of nitrogens with two attached hydrogens (primary N) is 1. The van der Waals surface area contributed by atoms with Crippen LogP contribution in [0.15, 0.2) is 6.07 Å². The monoisotopic (exact) mass is 263 g/mol. The lowest BCUT2D eigenvalue weighted by Gasteiger charge is -2.17. The van der Waals surface area contributed by atoms with E-state index in [1.807, 2.05) is 19.9 Å². The fourth-order valence-corrected chi connectivity index (χ4v) is 2.24. The van der Waals surface area contributed by atoms with Crippen LogP contribution in [-0.2, 0) is 17.6 Å². The Morgan fingerprint density at radius 3 is 3.00 bits per heavy atom. The first-order chi connectivity index (χ1) is 9.11. The van der Waals surface area contributed by atoms with Crippen LogP contribution in [0.3, 0.4) is 0 Å². The third kappa shape index (κ3) is 3.23. The van der Waals surface area contributed by atoms with Gasteiger partial charge in [0.25, 0.3) is 0 Å². The predicted octanol–water partition coefficient (Wildman–Crippen LogP) is 1.66. The summed E-state index contributed by atoms with van der Waals surface area (Å²) in [6.45, 7) is 5.04. The summed E-state index contributed by atoms with van der Waals surface area (Å²) in [5, 5.41) is 7.65. The highest BCUT2D eigenvalue weighted by molar-refractivity contribution is 5.97. The minimum absolute atomic E-state index is 0.000750. The van der Waals surface area contributed by atoms with Crippen LogP contribution < -0.4 is 10.5 Å². The molecule has 0 aromatic carbocycles. The summed E-state index contributed by atoms with van der Waals surface area (Å²) in [5.41, 5.74) is 8.47. The van der Waals surface area contributed by atoms with Gasteiger partial charge in [0.2, 0.25) is 5.88 Å². The van der Waals surface area contributed by atoms with Gasteiger partial charge < -0.3 is 15.2 Å². The lowest BCUT2D eigenvalue weighted by Crippen LogP contribution is -2.23. The van der Waals surface area contributed by atoms with Crippen LogP contribution in [0.4, 0.5) is 0 Å². The van der Waals surface area contributed by atoms with Crippen LogP contribution in [0.1, 0.15) is 37.1 Å². The number of nitrogens with zero attached hydrogens (tertiary/aromatic N) is 1. The van der Waals surface area contributed by atoms with E-state index >= 15 is 0 Å². The second-order valence-electron chi connectivity index (χ2n) is 4.80. The van der Waals surface area contributed by atoms with Crippen LogP contribution in [0.2, 0.25) is 0 Å². The average molecular weight is 263 g/mol. The van der Waals surface area contributed by atoms with Gasteiger partial charge >= 0.3 is 0 Å². The quantitative estimate of drug-likeness (QED) is 0.604. The van der Waals surface area contributed by atoms with Gasteiger partial charge in [0.1, 0.15) is 11.9 Å². The van der Waals surface area contributed by atoms with Crippen molar-refractivity contribution >= 4 is 5.84 Å². The molecule has 0 bridgehead atoms. The summed E-state index contributed by atoms with van der Waals surface area (Å²) in [5.74, 6) is 0.459. The van der Waals surface area contributed by atoms with Crippen molar-refractivity contribution in [1.29, 1.82) is 5.41 Å². The Balaban J connectivity index is 2.20. The molecule has 1 aromatic heterocycles. The molecule has 19 heavy (non-hydrogen) atoms. The Hall–Kier alpha value is -1.62. The van der Waals surface area contributed by atoms with Gasteiger partial charge in [-0.3, -0.25) is 5.41 Å². The first-order valence-corrected chi connectivity index (χ1v) is 6.73. The van der Waals surface area contributed by atoms with Crippen LogP contribution in [0, 0.1) is 5.41 Å². The van der Waals surface area contributed by atoms with E-state index in [1.165, 1.54) is 5.56 Å². The minimum atomic E-state index is -0.106. The molecule has 1 aliphatic carbocycles. The standard InChI is InChI=1S/C14H21N3O2/c1-3-18-8-9(2)19-14-11(13(15)16)7-10-5-4-6-12(10)17-14/h7,9H,3-6,8H2,1-2H3,(H3,15,16). The molecule has 5 nitrogen and oxygen atoms in total. The number of aryl methyl sites for hydroxylation is 2. The molecular formula is C14H21N3O2. The first-order valence-electron chi connectivity index (χ1n) is 6.73. The topological polar surface area (TPSA) is 81.2 Å². The van der Waals surface area contributed by atoms with Gasteiger partial charge in [-0.05, 0) is 44.7 Å². The molecule has 3 N–H and O–H groups in total. The molecule has 0 saturated heterocycles. The summed E-state index contributed by atoms with van der Waals surface area (Å²) in [4.78, 5) is 4.52. The van der Waals surface area contributed by atoms with Crippen LogP contribution in [0.5, 0.6) is 5.88 Å². The van der Waals surface area contributed by atoms with Gasteiger partial charge in [0, 0.05) is 12.3 Å². The molecule has 0 spiro atoms. The molecule has 1 unspecified atom stereocenters. The molecule has 0 saturated carbocycles. The fourth-order valence-electron chi connectivity index (χ4n) is 2.24. The fraction of sp³-hybridized carbons (Fsp3) is 0.571. The number of nitrogens with one attached hydrogen (secondary N) is 1. The zero-order valence-electron chi connectivity index (χ0n) is 11.5. The Morgan fingerprint density at radius 2 is 2.32 bits per heavy atom. The number of hydrogen-bond acceptors (Lipinski definition) is 4. The summed E-state index contributed by atoms with van der Waals surface area (Å²) in [6.07, 6.45) is 2.99. The van der Waals surface area contributed by atoms with Crippen LogP contribution >= 0.6 is 0 Å². The smallest absolute Gasteiger partial charge is 0.225 e. The Bertz CT molecular complexity index is 474. The van der Waals surface area contributed by atoms with E-state index in [0.717, 1.165) is 25.0 Å². The highest BCUT2D eigenvalue weighted by atomic mass is 16.5. The Kier molecular flexibility index (Phi) is 4.37. The van der Waals surface area contributed by atoms with Crippen molar-refractivity contribution < 1.29 is 9.47 Å². The maximum Gasteiger partial charge on any atom is 0.225 e. The van der Waals surface area contributed by atoms with E-state index in [4.69, 9.17) is 20.6 Å². The highest BCUT2D eigenvalue weighted by Crippen LogP contribution is 2.26. The van der Waals surface area contributed by atoms with Gasteiger partial charge in [-0.15, -0.1) is 0 Å². The number of pyridine rings is 1. The summed E-state index contributed by atoms with van der Waals surface area (Å²) in [6, 6.07) is 1.94. The first kappa shape index (κ1) is 13.8. The van der Waals surface area contributed by atoms with Crippen LogP contribution in [0.25, 0.3) is 0 Å². The number of aromatic nitrogens is 1. The van der Waals surface area contributed by atoms with Crippen molar-refractivity contribution in [2.24, 2.45) is 5.73 Å². The summed E-state index contributed by atoms with van der Waals surface area (Å²) < 4.78 is 11.1. The molecular weight excluding hydrogens is 242 g/mol. The van der Waals surface area contributed by atoms with Gasteiger partial charge in [-0.2, -0.15) is 0 Å². The SMILES string of the molecule is CCOCC(C)Oc1nc2c(cc1C(=N)N)CCC2. The molecule has 0 fully saturated rings. The molecule has 1 heterocycles. The van der Waals surface area contributed by atoms with Gasteiger partial charge in [-0.1, -0.05) is 0 Å². The molecule has 1 aliphatic rings. The summed E-state index contributed by atoms with van der Waals surface area (Å²) >= 11 is 0. The largest absolute Gasteiger partial charge is 0.472 e. The lowest BCUT2D eigenvalue weighted by atomic mass is 10.1. The van der Waals surface area contributed by atoms with Crippen molar-refractivity contribution in [3.8, 4) is 5.88 Å². The van der Waals surface area contributed by atoms with Crippen molar-refractivity contribution in [3.63, 3.8) is 0 Å². The van der Waals surface area contributed by atoms with E-state index in [9.17, 15) is 0 Å². The second kappa shape index (κ2) is 6.02. The zero-order chi connectivity index (χ0) is 13.8. The number of hydrogen-bond donors (Lipinski definition) is 2. The maximum absolute atomic E-state index is 7.65. The van der Waals surface area contributed by atoms with Crippen molar-refractivity contribution in [2.75, 3.05) is 13.2 Å². The second-order valence-corrected chi connectivity index (χ2v) is 4.80. The molecule has 0 aliphatic heterocycles. The number of fused-ring (bicyclic) bond motifs is 1. The number of ether oxygens (including phenoxy) is 2. The van der Waals surface area contributed by atoms with E-state index in [-0.39, 0.29) is 11.9 Å². The third-order valence-electron chi connectivity index (χ3n) is 3.18. The molecule has 2 rings (SSSR count). The van der Waals surface area contributed by atoms with Gasteiger partial charge in [0.05, 0.1) is 12.2 Å². The summed E-state index contributed by atoms with van der Waals surface area (Å²) in [7, 11) is 0. The normalized spacial score (nSPS) is 15.1. The molecule has 104 valence electrons. The minimum Gasteiger partial charge on any atom is -0.472 e. The number of amidine groups is 1. The molecule has 1 aromatic rings. The maximum atomic E-state index is 7.65. The molecule has 5 heteroatoms. The van der Waals surface area contributed by atoms with Gasteiger partial charge in [0.15, 0.2) is 0 Å². The molecule has 1 atom stereocenters. The number of nitrogen functional groups attached to an aromatic ring is 1. The van der Waals surface area contributed by atoms with Crippen LogP contribution in [-0.4, -0.2) is 30.1 Å². The van der Waals surface area contributed by atoms with E-state index in [1.54, 1.807) is 0 Å². The highest BCUT2D eigenvalue weighted by Gasteiger charge is 2.19. The van der Waals surface area contributed by atoms with E-state index in [2.05, 4.69) is 4.98 Å². The third-order valence-corrected chi connectivity index (χ3v) is 3.18.